The highest BCUT2D eigenvalue weighted by Crippen LogP contribution is 2.24. The number of aromatic carboxylic acids is 1. The van der Waals surface area contributed by atoms with Gasteiger partial charge < -0.3 is 10.0 Å². The Hall–Kier alpha value is -2.34. The van der Waals surface area contributed by atoms with E-state index in [4.69, 9.17) is 16.7 Å². The molecule has 138 valence electrons. The van der Waals surface area contributed by atoms with E-state index < -0.39 is 5.97 Å². The van der Waals surface area contributed by atoms with Gasteiger partial charge in [-0.25, -0.2) is 4.79 Å². The second kappa shape index (κ2) is 7.91. The number of nitrogens with zero attached hydrogens (tertiary/aromatic N) is 3. The molecule has 3 rings (SSSR count). The number of carboxylic acid groups (broad SMARTS) is 1. The summed E-state index contributed by atoms with van der Waals surface area (Å²) in [5.41, 5.74) is 1.25. The molecule has 1 aliphatic heterocycles. The van der Waals surface area contributed by atoms with Crippen molar-refractivity contribution in [1.29, 1.82) is 0 Å². The van der Waals surface area contributed by atoms with E-state index in [0.717, 1.165) is 18.4 Å². The monoisotopic (exact) mass is 375 g/mol. The largest absolute Gasteiger partial charge is 0.478 e. The number of halogens is 1. The summed E-state index contributed by atoms with van der Waals surface area (Å²) in [5, 5.41) is 13.8. The molecule has 1 aromatic heterocycles. The zero-order chi connectivity index (χ0) is 18.7. The minimum absolute atomic E-state index is 0.103. The van der Waals surface area contributed by atoms with Crippen LogP contribution in [0.2, 0.25) is 5.02 Å². The van der Waals surface area contributed by atoms with Gasteiger partial charge in [-0.05, 0) is 37.0 Å². The van der Waals surface area contributed by atoms with E-state index in [-0.39, 0.29) is 23.4 Å². The van der Waals surface area contributed by atoms with Crippen LogP contribution in [0.25, 0.3) is 0 Å². The Morgan fingerprint density at radius 1 is 1.35 bits per heavy atom. The Morgan fingerprint density at radius 2 is 2.08 bits per heavy atom. The summed E-state index contributed by atoms with van der Waals surface area (Å²) in [5.74, 6) is -0.929. The van der Waals surface area contributed by atoms with Crippen molar-refractivity contribution in [2.75, 3.05) is 13.1 Å². The Balaban J connectivity index is 1.55. The molecule has 0 radical (unpaired) electrons. The van der Waals surface area contributed by atoms with E-state index in [1.165, 1.54) is 6.20 Å². The molecule has 0 spiro atoms. The molecule has 1 aliphatic rings. The normalized spacial score (nSPS) is 16.5. The first-order valence-corrected chi connectivity index (χ1v) is 9.12. The number of piperidine rings is 1. The number of rotatable bonds is 5. The molecule has 1 amide bonds. The molecular weight excluding hydrogens is 354 g/mol. The van der Waals surface area contributed by atoms with E-state index in [9.17, 15) is 9.59 Å². The maximum absolute atomic E-state index is 12.7. The molecule has 1 aromatic carbocycles. The fourth-order valence-corrected chi connectivity index (χ4v) is 3.63. The topological polar surface area (TPSA) is 75.4 Å². The summed E-state index contributed by atoms with van der Waals surface area (Å²) in [6, 6.07) is 7.74. The van der Waals surface area contributed by atoms with E-state index in [2.05, 4.69) is 5.10 Å². The number of benzene rings is 1. The highest BCUT2D eigenvalue weighted by molar-refractivity contribution is 6.30. The number of amides is 1. The zero-order valence-corrected chi connectivity index (χ0v) is 15.4. The minimum atomic E-state index is -0.973. The molecule has 1 atom stereocenters. The number of aromatic nitrogens is 2. The highest BCUT2D eigenvalue weighted by Gasteiger charge is 2.27. The van der Waals surface area contributed by atoms with Crippen molar-refractivity contribution in [1.82, 2.24) is 14.7 Å². The van der Waals surface area contributed by atoms with Gasteiger partial charge >= 0.3 is 5.97 Å². The van der Waals surface area contributed by atoms with Gasteiger partial charge in [-0.3, -0.25) is 9.48 Å². The molecule has 6 nitrogen and oxygen atoms in total. The van der Waals surface area contributed by atoms with Crippen LogP contribution in [0.4, 0.5) is 0 Å². The molecular formula is C19H22ClN3O3. The minimum Gasteiger partial charge on any atom is -0.478 e. The fraction of sp³-hybridized carbons (Fsp3) is 0.421. The van der Waals surface area contributed by atoms with Crippen LogP contribution in [-0.4, -0.2) is 44.8 Å². The third-order valence-electron chi connectivity index (χ3n) is 4.85. The third kappa shape index (κ3) is 4.25. The van der Waals surface area contributed by atoms with Gasteiger partial charge in [0.25, 0.3) is 0 Å². The van der Waals surface area contributed by atoms with Crippen LogP contribution >= 0.6 is 11.6 Å². The lowest BCUT2D eigenvalue weighted by atomic mass is 9.97. The van der Waals surface area contributed by atoms with Crippen LogP contribution in [0.5, 0.6) is 0 Å². The van der Waals surface area contributed by atoms with Crippen molar-refractivity contribution in [3.8, 4) is 0 Å². The van der Waals surface area contributed by atoms with E-state index in [1.807, 2.05) is 36.1 Å². The number of hydrogen-bond acceptors (Lipinski definition) is 3. The van der Waals surface area contributed by atoms with Crippen LogP contribution < -0.4 is 0 Å². The summed E-state index contributed by atoms with van der Waals surface area (Å²) in [7, 11) is 0. The molecule has 0 saturated carbocycles. The molecule has 0 aliphatic carbocycles. The van der Waals surface area contributed by atoms with Crippen molar-refractivity contribution in [3.05, 3.63) is 52.8 Å². The number of likely N-dealkylation sites (tertiary alicyclic amines) is 1. The Kier molecular flexibility index (Phi) is 5.61. The summed E-state index contributed by atoms with van der Waals surface area (Å²) in [6.07, 6.45) is 5.15. The molecule has 26 heavy (non-hydrogen) atoms. The lowest BCUT2D eigenvalue weighted by molar-refractivity contribution is -0.136. The Morgan fingerprint density at radius 3 is 2.69 bits per heavy atom. The molecule has 2 heterocycles. The zero-order valence-electron chi connectivity index (χ0n) is 14.6. The van der Waals surface area contributed by atoms with Gasteiger partial charge in [0.15, 0.2) is 0 Å². The van der Waals surface area contributed by atoms with E-state index in [0.29, 0.717) is 24.5 Å². The molecule has 7 heteroatoms. The first-order chi connectivity index (χ1) is 12.4. The van der Waals surface area contributed by atoms with Gasteiger partial charge in [-0.2, -0.15) is 5.10 Å². The van der Waals surface area contributed by atoms with Gasteiger partial charge in [-0.1, -0.05) is 30.7 Å². The number of carbonyl (C=O) groups excluding carboxylic acids is 1. The van der Waals surface area contributed by atoms with Crippen molar-refractivity contribution < 1.29 is 14.7 Å². The molecule has 1 N–H and O–H groups in total. The standard InChI is InChI=1S/C19H22ClN3O3/c1-13(9-14-3-2-4-16(20)10-14)18(24)22-7-5-17(6-8-22)23-12-15(11-21-23)19(25)26/h2-4,10-13,17H,5-9H2,1H3,(H,25,26). The third-order valence-corrected chi connectivity index (χ3v) is 5.09. The highest BCUT2D eigenvalue weighted by atomic mass is 35.5. The Labute approximate surface area is 157 Å². The number of carboxylic acids is 1. The predicted octanol–water partition coefficient (Wildman–Crippen LogP) is 3.28. The van der Waals surface area contributed by atoms with Gasteiger partial charge in [0, 0.05) is 30.2 Å². The Bertz CT molecular complexity index is 797. The van der Waals surface area contributed by atoms with Crippen molar-refractivity contribution >= 4 is 23.5 Å². The summed E-state index contributed by atoms with van der Waals surface area (Å²) >= 11 is 6.01. The summed E-state index contributed by atoms with van der Waals surface area (Å²) in [4.78, 5) is 25.6. The number of carbonyl (C=O) groups is 2. The van der Waals surface area contributed by atoms with Crippen LogP contribution in [0, 0.1) is 5.92 Å². The van der Waals surface area contributed by atoms with Crippen LogP contribution in [-0.2, 0) is 11.2 Å². The molecule has 1 fully saturated rings. The van der Waals surface area contributed by atoms with Crippen LogP contribution in [0.3, 0.4) is 0 Å². The SMILES string of the molecule is CC(Cc1cccc(Cl)c1)C(=O)N1CCC(n2cc(C(=O)O)cn2)CC1. The van der Waals surface area contributed by atoms with Crippen molar-refractivity contribution in [2.45, 2.75) is 32.2 Å². The average Bonchev–Trinajstić information content (AvgIpc) is 3.12. The molecule has 1 unspecified atom stereocenters. The van der Waals surface area contributed by atoms with Gasteiger partial charge in [0.1, 0.15) is 0 Å². The molecule has 2 aromatic rings. The van der Waals surface area contributed by atoms with Crippen molar-refractivity contribution in [3.63, 3.8) is 0 Å². The van der Waals surface area contributed by atoms with Gasteiger partial charge in [0.2, 0.25) is 5.91 Å². The van der Waals surface area contributed by atoms with Crippen molar-refractivity contribution in [2.24, 2.45) is 5.92 Å². The average molecular weight is 376 g/mol. The van der Waals surface area contributed by atoms with Crippen LogP contribution in [0.15, 0.2) is 36.7 Å². The first kappa shape index (κ1) is 18.5. The maximum atomic E-state index is 12.7. The second-order valence-corrected chi connectivity index (χ2v) is 7.24. The predicted molar refractivity (Wildman–Crippen MR) is 98.4 cm³/mol. The van der Waals surface area contributed by atoms with E-state index in [1.54, 1.807) is 10.9 Å². The first-order valence-electron chi connectivity index (χ1n) is 8.74. The second-order valence-electron chi connectivity index (χ2n) is 6.81. The lowest BCUT2D eigenvalue weighted by Crippen LogP contribution is -2.42. The fourth-order valence-electron chi connectivity index (χ4n) is 3.42. The quantitative estimate of drug-likeness (QED) is 0.870. The number of hydrogen-bond donors (Lipinski definition) is 1. The smallest absolute Gasteiger partial charge is 0.338 e. The maximum Gasteiger partial charge on any atom is 0.338 e. The van der Waals surface area contributed by atoms with Crippen LogP contribution in [0.1, 0.15) is 41.7 Å². The molecule has 1 saturated heterocycles. The summed E-state index contributed by atoms with van der Waals surface area (Å²) < 4.78 is 1.71. The summed E-state index contributed by atoms with van der Waals surface area (Å²) in [6.45, 7) is 3.26. The van der Waals surface area contributed by atoms with Gasteiger partial charge in [-0.15, -0.1) is 0 Å². The van der Waals surface area contributed by atoms with Gasteiger partial charge in [0.05, 0.1) is 17.8 Å². The lowest BCUT2D eigenvalue weighted by Gasteiger charge is -2.33. The van der Waals surface area contributed by atoms with E-state index >= 15 is 0 Å². The molecule has 0 bridgehead atoms.